The molecule has 9 heteroatoms. The average Bonchev–Trinajstić information content (AvgIpc) is 2.78. The fourth-order valence-corrected chi connectivity index (χ4v) is 3.52. The van der Waals surface area contributed by atoms with E-state index >= 15 is 0 Å². The lowest BCUT2D eigenvalue weighted by molar-refractivity contribution is -0.297. The zero-order valence-electron chi connectivity index (χ0n) is 21.5. The third kappa shape index (κ3) is 9.88. The van der Waals surface area contributed by atoms with Gasteiger partial charge in [0, 0.05) is 6.42 Å². The van der Waals surface area contributed by atoms with Gasteiger partial charge >= 0.3 is 17.9 Å². The zero-order chi connectivity index (χ0) is 25.8. The van der Waals surface area contributed by atoms with Gasteiger partial charge in [0.25, 0.3) is 0 Å². The van der Waals surface area contributed by atoms with Gasteiger partial charge in [-0.25, -0.2) is 0 Å². The van der Waals surface area contributed by atoms with Crippen molar-refractivity contribution in [1.29, 1.82) is 0 Å². The van der Waals surface area contributed by atoms with Crippen LogP contribution >= 0.6 is 0 Å². The summed E-state index contributed by atoms with van der Waals surface area (Å²) in [6.07, 6.45) is -1.38. The van der Waals surface area contributed by atoms with Gasteiger partial charge in [-0.3, -0.25) is 14.4 Å². The van der Waals surface area contributed by atoms with Gasteiger partial charge in [-0.05, 0) is 18.8 Å². The Labute approximate surface area is 203 Å². The fraction of sp³-hybridized carbons (Fsp3) is 0.880. The summed E-state index contributed by atoms with van der Waals surface area (Å²) in [4.78, 5) is 37.4. The minimum Gasteiger partial charge on any atom is -0.455 e. The van der Waals surface area contributed by atoms with Crippen LogP contribution < -0.4 is 0 Å². The molecule has 0 bridgehead atoms. The molecule has 0 aliphatic carbocycles. The van der Waals surface area contributed by atoms with E-state index in [4.69, 9.17) is 18.9 Å². The first-order valence-corrected chi connectivity index (χ1v) is 12.6. The highest BCUT2D eigenvalue weighted by Gasteiger charge is 2.52. The minimum absolute atomic E-state index is 0.135. The van der Waals surface area contributed by atoms with Crippen molar-refractivity contribution in [3.63, 3.8) is 0 Å². The Morgan fingerprint density at radius 3 is 2.03 bits per heavy atom. The SMILES string of the molecule is CCC(C)C(=O)O[C@H]1C(O)O[C@H](CO)[C@@H](OC(=O)C(C)C)[C@@H]1OC(=O)CCCCCCC(C)C. The van der Waals surface area contributed by atoms with Gasteiger partial charge in [-0.2, -0.15) is 0 Å². The number of carbonyl (C=O) groups excluding carboxylic acids is 3. The Balaban J connectivity index is 2.97. The van der Waals surface area contributed by atoms with Crippen molar-refractivity contribution >= 4 is 17.9 Å². The first-order chi connectivity index (χ1) is 16.0. The molecule has 0 spiro atoms. The maximum absolute atomic E-state index is 12.7. The van der Waals surface area contributed by atoms with Crippen LogP contribution in [0, 0.1) is 17.8 Å². The summed E-state index contributed by atoms with van der Waals surface area (Å²) < 4.78 is 21.9. The van der Waals surface area contributed by atoms with Crippen LogP contribution in [-0.4, -0.2) is 65.4 Å². The Kier molecular flexibility index (Phi) is 13.7. The van der Waals surface area contributed by atoms with E-state index in [1.54, 1.807) is 20.8 Å². The Morgan fingerprint density at radius 2 is 1.47 bits per heavy atom. The molecule has 1 aliphatic heterocycles. The van der Waals surface area contributed by atoms with E-state index in [9.17, 15) is 24.6 Å². The van der Waals surface area contributed by atoms with Gasteiger partial charge in [0.2, 0.25) is 0 Å². The van der Waals surface area contributed by atoms with Gasteiger partial charge in [-0.15, -0.1) is 0 Å². The zero-order valence-corrected chi connectivity index (χ0v) is 21.5. The molecule has 1 fully saturated rings. The molecule has 1 rings (SSSR count). The third-order valence-corrected chi connectivity index (χ3v) is 5.96. The lowest BCUT2D eigenvalue weighted by Crippen LogP contribution is -2.62. The molecular formula is C25H44O9. The number of ether oxygens (including phenoxy) is 4. The van der Waals surface area contributed by atoms with Crippen LogP contribution in [0.5, 0.6) is 0 Å². The maximum Gasteiger partial charge on any atom is 0.309 e. The van der Waals surface area contributed by atoms with Crippen molar-refractivity contribution in [2.75, 3.05) is 6.61 Å². The summed E-state index contributed by atoms with van der Waals surface area (Å²) in [5, 5.41) is 20.3. The van der Waals surface area contributed by atoms with E-state index in [0.717, 1.165) is 25.7 Å². The molecular weight excluding hydrogens is 444 g/mol. The topological polar surface area (TPSA) is 129 Å². The summed E-state index contributed by atoms with van der Waals surface area (Å²) >= 11 is 0. The number of esters is 3. The maximum atomic E-state index is 12.7. The van der Waals surface area contributed by atoms with Crippen LogP contribution in [-0.2, 0) is 33.3 Å². The standard InChI is InChI=1S/C25H44O9/c1-7-17(6)24(29)34-22-21(32-19(27)13-11-9-8-10-12-15(2)3)20(33-23(28)16(4)5)18(14-26)31-25(22)30/h15-18,20-22,25-26,30H,7-14H2,1-6H3/t17?,18-,20-,21+,22-,25?/m1/s1. The molecule has 2 unspecified atom stereocenters. The van der Waals surface area contributed by atoms with Gasteiger partial charge in [0.15, 0.2) is 24.6 Å². The van der Waals surface area contributed by atoms with Crippen LogP contribution in [0.3, 0.4) is 0 Å². The summed E-state index contributed by atoms with van der Waals surface area (Å²) in [7, 11) is 0. The molecule has 0 aromatic heterocycles. The van der Waals surface area contributed by atoms with Crippen molar-refractivity contribution in [1.82, 2.24) is 0 Å². The highest BCUT2D eigenvalue weighted by molar-refractivity contribution is 5.73. The molecule has 6 atom stereocenters. The van der Waals surface area contributed by atoms with Crippen molar-refractivity contribution < 1.29 is 43.5 Å². The highest BCUT2D eigenvalue weighted by atomic mass is 16.7. The quantitative estimate of drug-likeness (QED) is 0.215. The van der Waals surface area contributed by atoms with Crippen molar-refractivity contribution in [2.45, 2.75) is 117 Å². The molecule has 1 saturated heterocycles. The normalized spacial score (nSPS) is 25.8. The lowest BCUT2D eigenvalue weighted by atomic mass is 9.97. The predicted octanol–water partition coefficient (Wildman–Crippen LogP) is 3.13. The molecule has 9 nitrogen and oxygen atoms in total. The van der Waals surface area contributed by atoms with Crippen LogP contribution in [0.2, 0.25) is 0 Å². The summed E-state index contributed by atoms with van der Waals surface area (Å²) in [6.45, 7) is 10.5. The lowest BCUT2D eigenvalue weighted by Gasteiger charge is -2.43. The number of hydrogen-bond acceptors (Lipinski definition) is 9. The number of carbonyl (C=O) groups is 3. The molecule has 1 aliphatic rings. The second-order valence-corrected chi connectivity index (χ2v) is 9.82. The molecule has 0 saturated carbocycles. The highest BCUT2D eigenvalue weighted by Crippen LogP contribution is 2.29. The van der Waals surface area contributed by atoms with E-state index in [1.807, 2.05) is 6.92 Å². The predicted molar refractivity (Wildman–Crippen MR) is 124 cm³/mol. The molecule has 0 aromatic rings. The molecule has 34 heavy (non-hydrogen) atoms. The van der Waals surface area contributed by atoms with Crippen molar-refractivity contribution in [3.05, 3.63) is 0 Å². The molecule has 198 valence electrons. The second-order valence-electron chi connectivity index (χ2n) is 9.82. The monoisotopic (exact) mass is 488 g/mol. The van der Waals surface area contributed by atoms with Crippen LogP contribution in [0.1, 0.15) is 86.5 Å². The summed E-state index contributed by atoms with van der Waals surface area (Å²) in [6, 6.07) is 0. The Morgan fingerprint density at radius 1 is 0.853 bits per heavy atom. The van der Waals surface area contributed by atoms with E-state index in [-0.39, 0.29) is 6.42 Å². The van der Waals surface area contributed by atoms with E-state index < -0.39 is 67.1 Å². The number of hydrogen-bond donors (Lipinski definition) is 2. The van der Waals surface area contributed by atoms with Gasteiger partial charge in [0.1, 0.15) is 6.10 Å². The summed E-state index contributed by atoms with van der Waals surface area (Å²) in [5.41, 5.74) is 0. The minimum atomic E-state index is -1.66. The molecule has 1 heterocycles. The molecule has 0 aromatic carbocycles. The van der Waals surface area contributed by atoms with Gasteiger partial charge < -0.3 is 29.2 Å². The van der Waals surface area contributed by atoms with Crippen LogP contribution in [0.4, 0.5) is 0 Å². The number of rotatable bonds is 14. The van der Waals surface area contributed by atoms with Crippen LogP contribution in [0.15, 0.2) is 0 Å². The van der Waals surface area contributed by atoms with Gasteiger partial charge in [0.05, 0.1) is 18.4 Å². The van der Waals surface area contributed by atoms with E-state index in [2.05, 4.69) is 13.8 Å². The summed E-state index contributed by atoms with van der Waals surface area (Å²) in [5.74, 6) is -2.06. The third-order valence-electron chi connectivity index (χ3n) is 5.96. The van der Waals surface area contributed by atoms with Crippen molar-refractivity contribution in [3.8, 4) is 0 Å². The fourth-order valence-electron chi connectivity index (χ4n) is 3.52. The van der Waals surface area contributed by atoms with E-state index in [0.29, 0.717) is 18.8 Å². The molecule has 0 radical (unpaired) electrons. The Hall–Kier alpha value is -1.71. The molecule has 0 amide bonds. The van der Waals surface area contributed by atoms with Crippen LogP contribution in [0.25, 0.3) is 0 Å². The number of unbranched alkanes of at least 4 members (excludes halogenated alkanes) is 3. The van der Waals surface area contributed by atoms with Gasteiger partial charge in [-0.1, -0.05) is 67.2 Å². The first kappa shape index (κ1) is 30.3. The number of aliphatic hydroxyl groups excluding tert-OH is 2. The number of aliphatic hydroxyl groups is 2. The first-order valence-electron chi connectivity index (χ1n) is 12.6. The van der Waals surface area contributed by atoms with Crippen molar-refractivity contribution in [2.24, 2.45) is 17.8 Å². The second kappa shape index (κ2) is 15.3. The molecule has 2 N–H and O–H groups in total. The average molecular weight is 489 g/mol. The Bertz CT molecular complexity index is 634. The smallest absolute Gasteiger partial charge is 0.309 e. The largest absolute Gasteiger partial charge is 0.455 e. The van der Waals surface area contributed by atoms with E-state index in [1.165, 1.54) is 0 Å².